The Kier molecular flexibility index (Phi) is 5.75. The fourth-order valence-electron chi connectivity index (χ4n) is 2.43. The van der Waals surface area contributed by atoms with Crippen molar-refractivity contribution in [3.63, 3.8) is 0 Å². The summed E-state index contributed by atoms with van der Waals surface area (Å²) in [6.07, 6.45) is 4.08. The summed E-state index contributed by atoms with van der Waals surface area (Å²) in [7, 11) is 0. The van der Waals surface area contributed by atoms with Crippen molar-refractivity contribution in [1.29, 1.82) is 0 Å². The Bertz CT molecular complexity index is 508. The third-order valence-corrected chi connectivity index (χ3v) is 3.78. The van der Waals surface area contributed by atoms with Crippen LogP contribution in [-0.2, 0) is 13.0 Å². The monoisotopic (exact) mass is 268 g/mol. The molecular formula is C18H24N2. The number of aromatic nitrogens is 1. The zero-order valence-corrected chi connectivity index (χ0v) is 12.5. The summed E-state index contributed by atoms with van der Waals surface area (Å²) in [5.41, 5.74) is 3.94. The molecule has 0 saturated carbocycles. The van der Waals surface area contributed by atoms with Crippen molar-refractivity contribution in [3.05, 3.63) is 65.5 Å². The summed E-state index contributed by atoms with van der Waals surface area (Å²) in [4.78, 5) is 4.46. The Hall–Kier alpha value is -1.67. The number of rotatable bonds is 7. The quantitative estimate of drug-likeness (QED) is 0.770. The molecule has 1 atom stereocenters. The molecule has 0 bridgehead atoms. The van der Waals surface area contributed by atoms with Gasteiger partial charge in [-0.05, 0) is 42.5 Å². The maximum absolute atomic E-state index is 4.46. The average Bonchev–Trinajstić information content (AvgIpc) is 2.52. The van der Waals surface area contributed by atoms with Crippen LogP contribution in [0.15, 0.2) is 48.7 Å². The molecule has 1 aromatic carbocycles. The molecule has 0 spiro atoms. The van der Waals surface area contributed by atoms with Crippen molar-refractivity contribution in [1.82, 2.24) is 10.3 Å². The van der Waals surface area contributed by atoms with E-state index in [-0.39, 0.29) is 0 Å². The molecule has 2 heteroatoms. The fourth-order valence-corrected chi connectivity index (χ4v) is 2.43. The number of hydrogen-bond donors (Lipinski definition) is 1. The number of pyridine rings is 1. The van der Waals surface area contributed by atoms with Gasteiger partial charge in [0.1, 0.15) is 0 Å². The van der Waals surface area contributed by atoms with Crippen LogP contribution in [0.3, 0.4) is 0 Å². The summed E-state index contributed by atoms with van der Waals surface area (Å²) in [6.45, 7) is 6.36. The molecular weight excluding hydrogens is 244 g/mol. The van der Waals surface area contributed by atoms with E-state index in [4.69, 9.17) is 0 Å². The second-order valence-corrected chi connectivity index (χ2v) is 5.24. The molecule has 0 amide bonds. The predicted molar refractivity (Wildman–Crippen MR) is 84.8 cm³/mol. The molecule has 20 heavy (non-hydrogen) atoms. The topological polar surface area (TPSA) is 24.9 Å². The van der Waals surface area contributed by atoms with E-state index in [2.05, 4.69) is 60.5 Å². The van der Waals surface area contributed by atoms with E-state index in [0.717, 1.165) is 25.9 Å². The molecule has 0 aliphatic rings. The molecule has 1 aromatic heterocycles. The minimum Gasteiger partial charge on any atom is -0.311 e. The first-order valence-corrected chi connectivity index (χ1v) is 7.49. The van der Waals surface area contributed by atoms with Gasteiger partial charge in [0.15, 0.2) is 0 Å². The van der Waals surface area contributed by atoms with E-state index >= 15 is 0 Å². The Morgan fingerprint density at radius 2 is 1.90 bits per heavy atom. The van der Waals surface area contributed by atoms with E-state index in [9.17, 15) is 0 Å². The zero-order valence-electron chi connectivity index (χ0n) is 12.5. The van der Waals surface area contributed by atoms with Crippen LogP contribution in [0.25, 0.3) is 0 Å². The molecule has 106 valence electrons. The maximum Gasteiger partial charge on any atom is 0.0573 e. The maximum atomic E-state index is 4.46. The zero-order chi connectivity index (χ0) is 14.2. The molecule has 0 fully saturated rings. The number of nitrogens with one attached hydrogen (secondary N) is 1. The molecule has 2 nitrogen and oxygen atoms in total. The highest BCUT2D eigenvalue weighted by molar-refractivity contribution is 5.20. The first-order valence-electron chi connectivity index (χ1n) is 7.49. The summed E-state index contributed by atoms with van der Waals surface area (Å²) in [5.74, 6) is 0.595. The highest BCUT2D eigenvalue weighted by atomic mass is 14.9. The fraction of sp³-hybridized carbons (Fsp3) is 0.389. The Labute approximate surface area is 122 Å². The van der Waals surface area contributed by atoms with Crippen molar-refractivity contribution in [2.24, 2.45) is 0 Å². The lowest BCUT2D eigenvalue weighted by atomic mass is 9.98. The summed E-state index contributed by atoms with van der Waals surface area (Å²) >= 11 is 0. The van der Waals surface area contributed by atoms with E-state index in [1.54, 1.807) is 0 Å². The average molecular weight is 268 g/mol. The smallest absolute Gasteiger partial charge is 0.0573 e. The summed E-state index contributed by atoms with van der Waals surface area (Å²) in [5, 5.41) is 3.51. The third kappa shape index (κ3) is 4.17. The van der Waals surface area contributed by atoms with Crippen LogP contribution < -0.4 is 5.32 Å². The van der Waals surface area contributed by atoms with Crippen LogP contribution >= 0.6 is 0 Å². The Morgan fingerprint density at radius 3 is 2.65 bits per heavy atom. The molecule has 1 N–H and O–H groups in total. The summed E-state index contributed by atoms with van der Waals surface area (Å²) in [6, 6.07) is 14.9. The summed E-state index contributed by atoms with van der Waals surface area (Å²) < 4.78 is 0. The Balaban J connectivity index is 1.76. The van der Waals surface area contributed by atoms with Gasteiger partial charge in [0.05, 0.1) is 5.69 Å². The van der Waals surface area contributed by atoms with Crippen LogP contribution in [0, 0.1) is 0 Å². The highest BCUT2D eigenvalue weighted by Gasteiger charge is 2.05. The van der Waals surface area contributed by atoms with E-state index < -0.39 is 0 Å². The first kappa shape index (κ1) is 14.7. The minimum atomic E-state index is 0.595. The second-order valence-electron chi connectivity index (χ2n) is 5.24. The van der Waals surface area contributed by atoms with Crippen LogP contribution in [-0.4, -0.2) is 11.5 Å². The van der Waals surface area contributed by atoms with Gasteiger partial charge >= 0.3 is 0 Å². The third-order valence-electron chi connectivity index (χ3n) is 3.78. The molecule has 2 rings (SSSR count). The van der Waals surface area contributed by atoms with Crippen LogP contribution in [0.5, 0.6) is 0 Å². The normalized spacial score (nSPS) is 12.3. The van der Waals surface area contributed by atoms with Crippen molar-refractivity contribution in [2.45, 2.75) is 39.2 Å². The minimum absolute atomic E-state index is 0.595. The molecule has 0 aliphatic heterocycles. The Morgan fingerprint density at radius 1 is 1.10 bits per heavy atom. The van der Waals surface area contributed by atoms with E-state index in [1.165, 1.54) is 16.8 Å². The number of benzene rings is 1. The van der Waals surface area contributed by atoms with Gasteiger partial charge in [-0.1, -0.05) is 50.2 Å². The van der Waals surface area contributed by atoms with Crippen LogP contribution in [0.4, 0.5) is 0 Å². The van der Waals surface area contributed by atoms with Crippen molar-refractivity contribution in [2.75, 3.05) is 6.54 Å². The highest BCUT2D eigenvalue weighted by Crippen LogP contribution is 2.17. The second kappa shape index (κ2) is 7.81. The predicted octanol–water partition coefficient (Wildman–Crippen LogP) is 3.93. The van der Waals surface area contributed by atoms with Gasteiger partial charge in [-0.25, -0.2) is 0 Å². The van der Waals surface area contributed by atoms with Crippen LogP contribution in [0.1, 0.15) is 43.0 Å². The molecule has 2 aromatic rings. The number of aryl methyl sites for hydroxylation is 1. The molecule has 0 aliphatic carbocycles. The first-order chi connectivity index (χ1) is 9.81. The van der Waals surface area contributed by atoms with Gasteiger partial charge in [-0.2, -0.15) is 0 Å². The van der Waals surface area contributed by atoms with Crippen LogP contribution in [0.2, 0.25) is 0 Å². The van der Waals surface area contributed by atoms with Crippen molar-refractivity contribution >= 4 is 0 Å². The molecule has 1 heterocycles. The lowest BCUT2D eigenvalue weighted by Crippen LogP contribution is -2.18. The molecule has 0 radical (unpaired) electrons. The van der Waals surface area contributed by atoms with Crippen molar-refractivity contribution in [3.8, 4) is 0 Å². The largest absolute Gasteiger partial charge is 0.311 e. The number of nitrogens with zero attached hydrogens (tertiary/aromatic N) is 1. The van der Waals surface area contributed by atoms with Gasteiger partial charge in [0, 0.05) is 12.7 Å². The number of hydrogen-bond acceptors (Lipinski definition) is 2. The van der Waals surface area contributed by atoms with E-state index in [0.29, 0.717) is 5.92 Å². The van der Waals surface area contributed by atoms with Gasteiger partial charge in [-0.3, -0.25) is 4.98 Å². The molecule has 0 saturated heterocycles. The van der Waals surface area contributed by atoms with E-state index in [1.807, 2.05) is 12.3 Å². The van der Waals surface area contributed by atoms with Gasteiger partial charge in [0.2, 0.25) is 0 Å². The SMILES string of the molecule is CCc1cccnc1CNCCC(C)c1ccccc1. The standard InChI is InChI=1S/C18H24N2/c1-3-16-10-7-12-20-18(16)14-19-13-11-15(2)17-8-5-4-6-9-17/h4-10,12,15,19H,3,11,13-14H2,1-2H3. The van der Waals surface area contributed by atoms with Crippen molar-refractivity contribution < 1.29 is 0 Å². The van der Waals surface area contributed by atoms with Gasteiger partial charge in [0.25, 0.3) is 0 Å². The van der Waals surface area contributed by atoms with Gasteiger partial charge < -0.3 is 5.32 Å². The molecule has 1 unspecified atom stereocenters. The lowest BCUT2D eigenvalue weighted by Gasteiger charge is -2.13. The lowest BCUT2D eigenvalue weighted by molar-refractivity contribution is 0.587. The van der Waals surface area contributed by atoms with Gasteiger partial charge in [-0.15, -0.1) is 0 Å².